The summed E-state index contributed by atoms with van der Waals surface area (Å²) in [7, 11) is 0. The van der Waals surface area contributed by atoms with Crippen LogP contribution >= 0.6 is 0 Å². The van der Waals surface area contributed by atoms with Gasteiger partial charge in [-0.1, -0.05) is 6.92 Å². The number of aliphatic carboxylic acids is 1. The predicted molar refractivity (Wildman–Crippen MR) is 70.8 cm³/mol. The maximum atomic E-state index is 11.5. The Labute approximate surface area is 116 Å². The Balaban J connectivity index is 2.20. The SMILES string of the molecule is CCC1(C(=O)O)CCCN(c2cnc(C(=O)O)cn2)C1. The molecule has 2 rings (SSSR count). The lowest BCUT2D eigenvalue weighted by molar-refractivity contribution is -0.149. The van der Waals surface area contributed by atoms with Crippen molar-refractivity contribution in [2.24, 2.45) is 5.41 Å². The van der Waals surface area contributed by atoms with Crippen LogP contribution in [0.4, 0.5) is 5.82 Å². The predicted octanol–water partition coefficient (Wildman–Crippen LogP) is 1.26. The summed E-state index contributed by atoms with van der Waals surface area (Å²) in [6.45, 7) is 2.95. The Bertz CT molecular complexity index is 517. The molecule has 108 valence electrons. The molecule has 1 saturated heterocycles. The van der Waals surface area contributed by atoms with E-state index < -0.39 is 17.4 Å². The first-order chi connectivity index (χ1) is 9.48. The second-order valence-corrected chi connectivity index (χ2v) is 5.03. The fourth-order valence-electron chi connectivity index (χ4n) is 2.54. The van der Waals surface area contributed by atoms with E-state index in [0.717, 1.165) is 6.42 Å². The van der Waals surface area contributed by atoms with Crippen LogP contribution in [0.15, 0.2) is 12.4 Å². The second kappa shape index (κ2) is 5.44. The lowest BCUT2D eigenvalue weighted by Crippen LogP contribution is -2.48. The van der Waals surface area contributed by atoms with Crippen LogP contribution in [-0.2, 0) is 4.79 Å². The first-order valence-corrected chi connectivity index (χ1v) is 6.52. The molecule has 7 nitrogen and oxygen atoms in total. The van der Waals surface area contributed by atoms with Crippen molar-refractivity contribution in [3.05, 3.63) is 18.1 Å². The van der Waals surface area contributed by atoms with Crippen LogP contribution in [-0.4, -0.2) is 45.2 Å². The highest BCUT2D eigenvalue weighted by atomic mass is 16.4. The molecule has 1 aromatic heterocycles. The van der Waals surface area contributed by atoms with E-state index in [1.807, 2.05) is 11.8 Å². The number of anilines is 1. The van der Waals surface area contributed by atoms with E-state index in [0.29, 0.717) is 31.7 Å². The van der Waals surface area contributed by atoms with Crippen LogP contribution in [0.5, 0.6) is 0 Å². The van der Waals surface area contributed by atoms with Crippen LogP contribution in [0.2, 0.25) is 0 Å². The molecule has 0 aromatic carbocycles. The molecule has 0 aliphatic carbocycles. The van der Waals surface area contributed by atoms with Crippen LogP contribution in [0, 0.1) is 5.41 Å². The molecule has 7 heteroatoms. The Hall–Kier alpha value is -2.18. The van der Waals surface area contributed by atoms with Gasteiger partial charge in [0.05, 0.1) is 17.8 Å². The van der Waals surface area contributed by atoms with Gasteiger partial charge in [0.15, 0.2) is 5.69 Å². The summed E-state index contributed by atoms with van der Waals surface area (Å²) in [5.41, 5.74) is -0.878. The molecule has 0 radical (unpaired) electrons. The van der Waals surface area contributed by atoms with E-state index in [4.69, 9.17) is 5.11 Å². The first-order valence-electron chi connectivity index (χ1n) is 6.52. The molecule has 0 amide bonds. The van der Waals surface area contributed by atoms with Crippen molar-refractivity contribution in [3.8, 4) is 0 Å². The number of aromatic nitrogens is 2. The molecule has 2 heterocycles. The third kappa shape index (κ3) is 2.56. The van der Waals surface area contributed by atoms with E-state index >= 15 is 0 Å². The molecule has 0 saturated carbocycles. The Morgan fingerprint density at radius 2 is 2.10 bits per heavy atom. The van der Waals surface area contributed by atoms with E-state index in [-0.39, 0.29) is 5.69 Å². The van der Waals surface area contributed by atoms with E-state index in [1.54, 1.807) is 0 Å². The molecule has 1 fully saturated rings. The largest absolute Gasteiger partial charge is 0.481 e. The maximum Gasteiger partial charge on any atom is 0.356 e. The van der Waals surface area contributed by atoms with Crippen molar-refractivity contribution in [3.63, 3.8) is 0 Å². The van der Waals surface area contributed by atoms with Gasteiger partial charge in [0, 0.05) is 13.1 Å². The minimum atomic E-state index is -1.13. The quantitative estimate of drug-likeness (QED) is 0.854. The maximum absolute atomic E-state index is 11.5. The minimum absolute atomic E-state index is 0.120. The lowest BCUT2D eigenvalue weighted by Gasteiger charge is -2.39. The number of piperidine rings is 1. The average Bonchev–Trinajstić information content (AvgIpc) is 2.47. The molecular formula is C13H17N3O4. The van der Waals surface area contributed by atoms with Gasteiger partial charge in [-0.05, 0) is 19.3 Å². The Kier molecular flexibility index (Phi) is 3.87. The number of carboxylic acid groups (broad SMARTS) is 2. The summed E-state index contributed by atoms with van der Waals surface area (Å²) in [5.74, 6) is -1.40. The molecule has 0 bridgehead atoms. The minimum Gasteiger partial charge on any atom is -0.481 e. The zero-order valence-electron chi connectivity index (χ0n) is 11.2. The molecule has 1 aliphatic heterocycles. The molecule has 1 atom stereocenters. The smallest absolute Gasteiger partial charge is 0.356 e. The molecule has 0 spiro atoms. The fourth-order valence-corrected chi connectivity index (χ4v) is 2.54. The number of carboxylic acids is 2. The second-order valence-electron chi connectivity index (χ2n) is 5.03. The van der Waals surface area contributed by atoms with Gasteiger partial charge in [-0.25, -0.2) is 14.8 Å². The topological polar surface area (TPSA) is 104 Å². The van der Waals surface area contributed by atoms with Crippen molar-refractivity contribution in [1.29, 1.82) is 0 Å². The third-order valence-corrected chi connectivity index (χ3v) is 3.89. The number of hydrogen-bond donors (Lipinski definition) is 2. The third-order valence-electron chi connectivity index (χ3n) is 3.89. The van der Waals surface area contributed by atoms with E-state index in [9.17, 15) is 14.7 Å². The van der Waals surface area contributed by atoms with E-state index in [1.165, 1.54) is 12.4 Å². The number of carbonyl (C=O) groups is 2. The highest BCUT2D eigenvalue weighted by Crippen LogP contribution is 2.35. The van der Waals surface area contributed by atoms with Crippen LogP contribution in [0.1, 0.15) is 36.7 Å². The normalized spacial score (nSPS) is 22.6. The van der Waals surface area contributed by atoms with Gasteiger partial charge in [0.25, 0.3) is 0 Å². The zero-order valence-corrected chi connectivity index (χ0v) is 11.2. The van der Waals surface area contributed by atoms with E-state index in [2.05, 4.69) is 9.97 Å². The molecular weight excluding hydrogens is 262 g/mol. The summed E-state index contributed by atoms with van der Waals surface area (Å²) < 4.78 is 0. The molecule has 20 heavy (non-hydrogen) atoms. The van der Waals surface area contributed by atoms with Crippen molar-refractivity contribution < 1.29 is 19.8 Å². The Morgan fingerprint density at radius 1 is 1.35 bits per heavy atom. The molecule has 1 unspecified atom stereocenters. The fraction of sp³-hybridized carbons (Fsp3) is 0.538. The van der Waals surface area contributed by atoms with Crippen molar-refractivity contribution in [1.82, 2.24) is 9.97 Å². The van der Waals surface area contributed by atoms with Gasteiger partial charge in [0.2, 0.25) is 0 Å². The summed E-state index contributed by atoms with van der Waals surface area (Å²) in [4.78, 5) is 32.0. The van der Waals surface area contributed by atoms with Crippen LogP contribution in [0.3, 0.4) is 0 Å². The van der Waals surface area contributed by atoms with Crippen molar-refractivity contribution in [2.45, 2.75) is 26.2 Å². The first kappa shape index (κ1) is 14.2. The number of rotatable bonds is 4. The molecule has 1 aliphatic rings. The Morgan fingerprint density at radius 3 is 2.60 bits per heavy atom. The van der Waals surface area contributed by atoms with Gasteiger partial charge >= 0.3 is 11.9 Å². The summed E-state index contributed by atoms with van der Waals surface area (Å²) in [6.07, 6.45) is 4.55. The molecule has 1 aromatic rings. The van der Waals surface area contributed by atoms with Gasteiger partial charge in [-0.3, -0.25) is 4.79 Å². The van der Waals surface area contributed by atoms with Gasteiger partial charge in [0.1, 0.15) is 5.82 Å². The number of aromatic carboxylic acids is 1. The number of nitrogens with zero attached hydrogens (tertiary/aromatic N) is 3. The molecule has 2 N–H and O–H groups in total. The summed E-state index contributed by atoms with van der Waals surface area (Å²) in [5, 5.41) is 18.2. The van der Waals surface area contributed by atoms with Crippen LogP contribution < -0.4 is 4.90 Å². The highest BCUT2D eigenvalue weighted by Gasteiger charge is 2.41. The average molecular weight is 279 g/mol. The van der Waals surface area contributed by atoms with Crippen LogP contribution in [0.25, 0.3) is 0 Å². The number of hydrogen-bond acceptors (Lipinski definition) is 5. The van der Waals surface area contributed by atoms with Gasteiger partial charge < -0.3 is 15.1 Å². The van der Waals surface area contributed by atoms with Gasteiger partial charge in [-0.2, -0.15) is 0 Å². The van der Waals surface area contributed by atoms with Crippen molar-refractivity contribution in [2.75, 3.05) is 18.0 Å². The lowest BCUT2D eigenvalue weighted by atomic mass is 9.77. The van der Waals surface area contributed by atoms with Gasteiger partial charge in [-0.15, -0.1) is 0 Å². The van der Waals surface area contributed by atoms with Crippen molar-refractivity contribution >= 4 is 17.8 Å². The summed E-state index contributed by atoms with van der Waals surface area (Å²) in [6, 6.07) is 0. The summed E-state index contributed by atoms with van der Waals surface area (Å²) >= 11 is 0. The monoisotopic (exact) mass is 279 g/mol. The highest BCUT2D eigenvalue weighted by molar-refractivity contribution is 5.85. The standard InChI is InChI=1S/C13H17N3O4/c1-2-13(12(19)20)4-3-5-16(8-13)10-7-14-9(6-15-10)11(17)18/h6-7H,2-5,8H2,1H3,(H,17,18)(H,19,20). The zero-order chi connectivity index (χ0) is 14.8.